The first-order valence-electron chi connectivity index (χ1n) is 5.79. The molecule has 2 aromatic rings. The number of tetrazole rings is 1. The van der Waals surface area contributed by atoms with E-state index in [2.05, 4.69) is 25.9 Å². The van der Waals surface area contributed by atoms with E-state index in [9.17, 15) is 4.79 Å². The lowest BCUT2D eigenvalue weighted by Crippen LogP contribution is -2.23. The Labute approximate surface area is 105 Å². The number of rotatable bonds is 5. The highest BCUT2D eigenvalue weighted by Crippen LogP contribution is 2.09. The molecule has 0 radical (unpaired) electrons. The van der Waals surface area contributed by atoms with Gasteiger partial charge in [-0.3, -0.25) is 4.79 Å². The maximum atomic E-state index is 11.6. The highest BCUT2D eigenvalue weighted by atomic mass is 16.1. The van der Waals surface area contributed by atoms with Gasteiger partial charge in [0.05, 0.1) is 6.54 Å². The molecule has 6 nitrogen and oxygen atoms in total. The largest absolute Gasteiger partial charge is 0.349 e. The average Bonchev–Trinajstić information content (AvgIpc) is 2.88. The standard InChI is InChI=1S/C12H15N5O/c1-9-4-2-3-5-10(9)6-7-12(18)13-8-11-14-16-17-15-11/h2-5H,6-8H2,1H3,(H,13,18)(H,14,15,16,17). The second kappa shape index (κ2) is 5.90. The Morgan fingerprint density at radius 1 is 1.39 bits per heavy atom. The molecule has 0 aliphatic heterocycles. The van der Waals surface area contributed by atoms with Crippen LogP contribution in [0.4, 0.5) is 0 Å². The molecule has 0 saturated carbocycles. The SMILES string of the molecule is Cc1ccccc1CCC(=O)NCc1nn[nH]n1. The van der Waals surface area contributed by atoms with Crippen LogP contribution in [0.1, 0.15) is 23.4 Å². The van der Waals surface area contributed by atoms with Gasteiger partial charge in [-0.05, 0) is 24.5 Å². The summed E-state index contributed by atoms with van der Waals surface area (Å²) in [5.74, 6) is 0.474. The molecule has 94 valence electrons. The van der Waals surface area contributed by atoms with Crippen molar-refractivity contribution in [2.45, 2.75) is 26.3 Å². The van der Waals surface area contributed by atoms with Gasteiger partial charge >= 0.3 is 0 Å². The highest BCUT2D eigenvalue weighted by Gasteiger charge is 2.05. The Hall–Kier alpha value is -2.24. The second-order valence-corrected chi connectivity index (χ2v) is 4.03. The van der Waals surface area contributed by atoms with Crippen molar-refractivity contribution in [3.63, 3.8) is 0 Å². The van der Waals surface area contributed by atoms with Crippen LogP contribution in [0.3, 0.4) is 0 Å². The van der Waals surface area contributed by atoms with Crippen molar-refractivity contribution in [1.82, 2.24) is 25.9 Å². The predicted octanol–water partition coefficient (Wildman–Crippen LogP) is 0.757. The fourth-order valence-corrected chi connectivity index (χ4v) is 1.66. The lowest BCUT2D eigenvalue weighted by atomic mass is 10.0. The van der Waals surface area contributed by atoms with Crippen molar-refractivity contribution in [3.05, 3.63) is 41.2 Å². The minimum atomic E-state index is -0.0111. The molecule has 2 rings (SSSR count). The molecular formula is C12H15N5O. The van der Waals surface area contributed by atoms with Crippen LogP contribution >= 0.6 is 0 Å². The number of H-pyrrole nitrogens is 1. The summed E-state index contributed by atoms with van der Waals surface area (Å²) in [4.78, 5) is 11.6. The molecule has 18 heavy (non-hydrogen) atoms. The fourth-order valence-electron chi connectivity index (χ4n) is 1.66. The Bertz CT molecular complexity index is 509. The number of hydrogen-bond acceptors (Lipinski definition) is 4. The van der Waals surface area contributed by atoms with E-state index in [0.29, 0.717) is 18.8 Å². The van der Waals surface area contributed by atoms with Crippen LogP contribution in [-0.4, -0.2) is 26.5 Å². The summed E-state index contributed by atoms with van der Waals surface area (Å²) in [6, 6.07) is 8.07. The Balaban J connectivity index is 1.77. The van der Waals surface area contributed by atoms with E-state index in [1.165, 1.54) is 11.1 Å². The lowest BCUT2D eigenvalue weighted by molar-refractivity contribution is -0.121. The normalized spacial score (nSPS) is 10.3. The minimum Gasteiger partial charge on any atom is -0.349 e. The van der Waals surface area contributed by atoms with E-state index >= 15 is 0 Å². The van der Waals surface area contributed by atoms with Gasteiger partial charge in [-0.2, -0.15) is 5.21 Å². The van der Waals surface area contributed by atoms with Gasteiger partial charge in [0.25, 0.3) is 0 Å². The summed E-state index contributed by atoms with van der Waals surface area (Å²) in [5.41, 5.74) is 2.41. The zero-order valence-electron chi connectivity index (χ0n) is 10.2. The van der Waals surface area contributed by atoms with Crippen LogP contribution < -0.4 is 5.32 Å². The van der Waals surface area contributed by atoms with Crippen LogP contribution in [-0.2, 0) is 17.8 Å². The van der Waals surface area contributed by atoms with Crippen molar-refractivity contribution in [2.75, 3.05) is 0 Å². The van der Waals surface area contributed by atoms with Gasteiger partial charge in [-0.15, -0.1) is 10.2 Å². The van der Waals surface area contributed by atoms with Crippen LogP contribution in [0.5, 0.6) is 0 Å². The highest BCUT2D eigenvalue weighted by molar-refractivity contribution is 5.76. The number of hydrogen-bond donors (Lipinski definition) is 2. The summed E-state index contributed by atoms with van der Waals surface area (Å²) in [6.45, 7) is 2.36. The summed E-state index contributed by atoms with van der Waals surface area (Å²) in [6.07, 6.45) is 1.20. The molecule has 1 aromatic carbocycles. The molecule has 0 aliphatic carbocycles. The number of carbonyl (C=O) groups is 1. The molecule has 1 heterocycles. The number of amides is 1. The van der Waals surface area contributed by atoms with Crippen molar-refractivity contribution in [1.29, 1.82) is 0 Å². The summed E-state index contributed by atoms with van der Waals surface area (Å²) in [5, 5.41) is 16.0. The van der Waals surface area contributed by atoms with E-state index in [1.807, 2.05) is 31.2 Å². The van der Waals surface area contributed by atoms with Gasteiger partial charge in [0, 0.05) is 6.42 Å². The topological polar surface area (TPSA) is 83.6 Å². The van der Waals surface area contributed by atoms with Crippen LogP contribution in [0.2, 0.25) is 0 Å². The molecule has 0 unspecified atom stereocenters. The van der Waals surface area contributed by atoms with Crippen LogP contribution in [0.25, 0.3) is 0 Å². The van der Waals surface area contributed by atoms with Gasteiger partial charge < -0.3 is 5.32 Å². The minimum absolute atomic E-state index is 0.0111. The van der Waals surface area contributed by atoms with Crippen LogP contribution in [0, 0.1) is 6.92 Å². The van der Waals surface area contributed by atoms with Crippen molar-refractivity contribution >= 4 is 5.91 Å². The van der Waals surface area contributed by atoms with Gasteiger partial charge in [0.1, 0.15) is 0 Å². The smallest absolute Gasteiger partial charge is 0.220 e. The van der Waals surface area contributed by atoms with E-state index in [-0.39, 0.29) is 5.91 Å². The first kappa shape index (κ1) is 12.2. The number of carbonyl (C=O) groups excluding carboxylic acids is 1. The molecule has 1 amide bonds. The third-order valence-electron chi connectivity index (χ3n) is 2.72. The summed E-state index contributed by atoms with van der Waals surface area (Å²) in [7, 11) is 0. The summed E-state index contributed by atoms with van der Waals surface area (Å²) < 4.78 is 0. The molecule has 0 aliphatic rings. The lowest BCUT2D eigenvalue weighted by Gasteiger charge is -2.05. The molecule has 0 saturated heterocycles. The number of nitrogens with zero attached hydrogens (tertiary/aromatic N) is 3. The summed E-state index contributed by atoms with van der Waals surface area (Å²) >= 11 is 0. The number of aryl methyl sites for hydroxylation is 2. The van der Waals surface area contributed by atoms with E-state index in [4.69, 9.17) is 0 Å². The molecule has 1 aromatic heterocycles. The Morgan fingerprint density at radius 2 is 2.22 bits per heavy atom. The quantitative estimate of drug-likeness (QED) is 0.814. The second-order valence-electron chi connectivity index (χ2n) is 4.03. The maximum absolute atomic E-state index is 11.6. The van der Waals surface area contributed by atoms with Gasteiger partial charge in [-0.1, -0.05) is 29.5 Å². The van der Waals surface area contributed by atoms with E-state index in [0.717, 1.165) is 6.42 Å². The maximum Gasteiger partial charge on any atom is 0.220 e. The van der Waals surface area contributed by atoms with Gasteiger partial charge in [0.2, 0.25) is 5.91 Å². The first-order chi connectivity index (χ1) is 8.75. The molecule has 0 atom stereocenters. The third kappa shape index (κ3) is 3.38. The first-order valence-corrected chi connectivity index (χ1v) is 5.79. The zero-order valence-corrected chi connectivity index (χ0v) is 10.2. The van der Waals surface area contributed by atoms with Crippen molar-refractivity contribution in [2.24, 2.45) is 0 Å². The Kier molecular flexibility index (Phi) is 4.01. The average molecular weight is 245 g/mol. The van der Waals surface area contributed by atoms with E-state index in [1.54, 1.807) is 0 Å². The molecule has 0 bridgehead atoms. The monoisotopic (exact) mass is 245 g/mol. The number of aromatic nitrogens is 4. The number of nitrogens with one attached hydrogen (secondary N) is 2. The molecule has 0 spiro atoms. The predicted molar refractivity (Wildman–Crippen MR) is 65.5 cm³/mol. The van der Waals surface area contributed by atoms with Gasteiger partial charge in [-0.25, -0.2) is 0 Å². The fraction of sp³-hybridized carbons (Fsp3) is 0.333. The number of aromatic amines is 1. The molecular weight excluding hydrogens is 230 g/mol. The third-order valence-corrected chi connectivity index (χ3v) is 2.72. The zero-order chi connectivity index (χ0) is 12.8. The molecule has 6 heteroatoms. The number of benzene rings is 1. The van der Waals surface area contributed by atoms with Crippen molar-refractivity contribution in [3.8, 4) is 0 Å². The molecule has 0 fully saturated rings. The molecule has 2 N–H and O–H groups in total. The van der Waals surface area contributed by atoms with E-state index < -0.39 is 0 Å². The van der Waals surface area contributed by atoms with Gasteiger partial charge in [0.15, 0.2) is 5.82 Å². The Morgan fingerprint density at radius 3 is 2.94 bits per heavy atom. The van der Waals surface area contributed by atoms with Crippen LogP contribution in [0.15, 0.2) is 24.3 Å². The van der Waals surface area contributed by atoms with Crippen molar-refractivity contribution < 1.29 is 4.79 Å².